The molecule has 0 fully saturated rings. The molecule has 180 valence electrons. The monoisotopic (exact) mass is 550 g/mol. The van der Waals surface area contributed by atoms with E-state index in [1.807, 2.05) is 0 Å². The van der Waals surface area contributed by atoms with Crippen molar-refractivity contribution < 1.29 is 0 Å². The molecule has 3 heteroatoms. The maximum absolute atomic E-state index is 4.56. The summed E-state index contributed by atoms with van der Waals surface area (Å²) >= 11 is 4.56. The Kier molecular flexibility index (Phi) is 8.68. The van der Waals surface area contributed by atoms with Crippen LogP contribution in [0.2, 0.25) is 16.6 Å². The summed E-state index contributed by atoms with van der Waals surface area (Å²) in [6.45, 7) is 14.4. The van der Waals surface area contributed by atoms with Crippen molar-refractivity contribution in [3.05, 3.63) is 91.0 Å². The molecule has 0 aliphatic rings. The third-order valence-electron chi connectivity index (χ3n) is 7.71. The second-order valence-electron chi connectivity index (χ2n) is 10.4. The van der Waals surface area contributed by atoms with Gasteiger partial charge in [-0.15, -0.1) is 0 Å². The minimum absolute atomic E-state index is 0.650. The zero-order valence-electron chi connectivity index (χ0n) is 21.6. The van der Waals surface area contributed by atoms with Gasteiger partial charge >= 0.3 is 218 Å². The number of hydrogen-bond acceptors (Lipinski definition) is 0. The Hall–Kier alpha value is -1.65. The summed E-state index contributed by atoms with van der Waals surface area (Å²) in [5, 5.41) is 1.21. The summed E-state index contributed by atoms with van der Waals surface area (Å²) in [5.41, 5.74) is 5.91. The Bertz CT molecular complexity index is 990. The van der Waals surface area contributed by atoms with Crippen molar-refractivity contribution in [1.82, 2.24) is 0 Å². The summed E-state index contributed by atoms with van der Waals surface area (Å²) in [7, 11) is -1.75. The van der Waals surface area contributed by atoms with Crippen LogP contribution >= 0.6 is 20.8 Å². The van der Waals surface area contributed by atoms with Gasteiger partial charge in [-0.3, -0.25) is 0 Å². The fraction of sp³-hybridized carbons (Fsp3) is 0.355. The standard InChI is InChI=1S/C31H40BrPSi/c1-26(2)34(27(3)4,28(5)6)25-17-16-24-33(32,29-18-10-7-11-19-29,30-20-12-8-13-21-30)31-22-14-9-15-23-31/h7-15,18-23,26-28H,16,24H2,1-6H3. The van der Waals surface area contributed by atoms with E-state index in [0.29, 0.717) is 16.6 Å². The van der Waals surface area contributed by atoms with E-state index in [2.05, 4.69) is 159 Å². The summed E-state index contributed by atoms with van der Waals surface area (Å²) in [4.78, 5) is 0. The SMILES string of the molecule is CC(C)[Si](C#CCCP(Br)(c1ccccc1)(c1ccccc1)c1ccccc1)(C(C)C)C(C)C. The van der Waals surface area contributed by atoms with Crippen LogP contribution in [0.1, 0.15) is 48.0 Å². The number of benzene rings is 3. The summed E-state index contributed by atoms with van der Waals surface area (Å²) < 4.78 is 0. The van der Waals surface area contributed by atoms with Crippen molar-refractivity contribution in [2.45, 2.75) is 64.6 Å². The van der Waals surface area contributed by atoms with Gasteiger partial charge in [-0.05, 0) is 0 Å². The summed E-state index contributed by atoms with van der Waals surface area (Å²) in [6.07, 6.45) is 1.86. The molecule has 0 N–H and O–H groups in total. The Morgan fingerprint density at radius 3 is 1.24 bits per heavy atom. The predicted octanol–water partition coefficient (Wildman–Crippen LogP) is 8.44. The first kappa shape index (κ1) is 26.9. The Morgan fingerprint density at radius 1 is 0.618 bits per heavy atom. The van der Waals surface area contributed by atoms with E-state index in [-0.39, 0.29) is 0 Å². The molecule has 0 spiro atoms. The van der Waals surface area contributed by atoms with Crippen LogP contribution in [-0.2, 0) is 0 Å². The van der Waals surface area contributed by atoms with Crippen LogP contribution in [0.15, 0.2) is 91.0 Å². The van der Waals surface area contributed by atoms with Crippen molar-refractivity contribution in [3.63, 3.8) is 0 Å². The first-order chi connectivity index (χ1) is 16.2. The predicted molar refractivity (Wildman–Crippen MR) is 162 cm³/mol. The van der Waals surface area contributed by atoms with Crippen LogP contribution < -0.4 is 15.9 Å². The fourth-order valence-corrected chi connectivity index (χ4v) is 18.5. The van der Waals surface area contributed by atoms with Crippen LogP contribution in [0.3, 0.4) is 0 Å². The first-order valence-electron chi connectivity index (χ1n) is 12.6. The molecule has 34 heavy (non-hydrogen) atoms. The molecular weight excluding hydrogens is 511 g/mol. The second kappa shape index (κ2) is 10.9. The van der Waals surface area contributed by atoms with E-state index in [1.165, 1.54) is 15.9 Å². The summed E-state index contributed by atoms with van der Waals surface area (Å²) in [6, 6.07) is 33.2. The van der Waals surface area contributed by atoms with Crippen molar-refractivity contribution in [1.29, 1.82) is 0 Å². The normalized spacial score (nSPS) is 13.4. The molecule has 0 aliphatic carbocycles. The quantitative estimate of drug-likeness (QED) is 0.150. The molecule has 0 aliphatic heterocycles. The van der Waals surface area contributed by atoms with Crippen LogP contribution in [0.5, 0.6) is 0 Å². The molecular formula is C31H40BrPSi. The number of rotatable bonds is 8. The van der Waals surface area contributed by atoms with Crippen molar-refractivity contribution in [2.24, 2.45) is 0 Å². The first-order valence-corrected chi connectivity index (χ1v) is 19.2. The molecule has 0 amide bonds. The Morgan fingerprint density at radius 2 is 0.941 bits per heavy atom. The van der Waals surface area contributed by atoms with E-state index >= 15 is 0 Å². The molecule has 0 saturated heterocycles. The van der Waals surface area contributed by atoms with Crippen molar-refractivity contribution >= 4 is 44.8 Å². The zero-order chi connectivity index (χ0) is 24.8. The molecule has 0 unspecified atom stereocenters. The molecule has 0 saturated carbocycles. The van der Waals surface area contributed by atoms with E-state index in [4.69, 9.17) is 0 Å². The molecule has 0 bridgehead atoms. The van der Waals surface area contributed by atoms with Gasteiger partial charge in [0.05, 0.1) is 0 Å². The van der Waals surface area contributed by atoms with Gasteiger partial charge in [-0.1, -0.05) is 0 Å². The minimum atomic E-state index is -2.89. The molecule has 0 atom stereocenters. The molecule has 0 aromatic heterocycles. The third-order valence-corrected chi connectivity index (χ3v) is 24.0. The van der Waals surface area contributed by atoms with Gasteiger partial charge in [0.25, 0.3) is 0 Å². The van der Waals surface area contributed by atoms with Crippen LogP contribution in [-0.4, -0.2) is 14.2 Å². The number of halogens is 1. The van der Waals surface area contributed by atoms with Gasteiger partial charge in [0.2, 0.25) is 0 Å². The average molecular weight is 552 g/mol. The third kappa shape index (κ3) is 4.73. The van der Waals surface area contributed by atoms with Gasteiger partial charge in [-0.25, -0.2) is 0 Å². The average Bonchev–Trinajstić information content (AvgIpc) is 2.85. The Labute approximate surface area is 217 Å². The van der Waals surface area contributed by atoms with Crippen molar-refractivity contribution in [3.8, 4) is 11.5 Å². The Balaban J connectivity index is 2.19. The second-order valence-corrected chi connectivity index (χ2v) is 25.0. The molecule has 0 radical (unpaired) electrons. The summed E-state index contributed by atoms with van der Waals surface area (Å²) in [5.74, 6) is 3.77. The van der Waals surface area contributed by atoms with E-state index < -0.39 is 13.4 Å². The topological polar surface area (TPSA) is 0 Å². The van der Waals surface area contributed by atoms with Gasteiger partial charge in [0.1, 0.15) is 0 Å². The van der Waals surface area contributed by atoms with Gasteiger partial charge in [0, 0.05) is 0 Å². The molecule has 3 aromatic carbocycles. The van der Waals surface area contributed by atoms with Crippen molar-refractivity contribution in [2.75, 3.05) is 6.16 Å². The zero-order valence-corrected chi connectivity index (χ0v) is 25.1. The van der Waals surface area contributed by atoms with Crippen LogP contribution in [0.25, 0.3) is 0 Å². The van der Waals surface area contributed by atoms with E-state index in [0.717, 1.165) is 12.6 Å². The molecule has 0 heterocycles. The number of hydrogen-bond donors (Lipinski definition) is 0. The fourth-order valence-electron chi connectivity index (χ4n) is 5.97. The molecule has 3 aromatic rings. The van der Waals surface area contributed by atoms with E-state index in [1.54, 1.807) is 0 Å². The van der Waals surface area contributed by atoms with Crippen LogP contribution in [0.4, 0.5) is 0 Å². The molecule has 3 rings (SSSR count). The van der Waals surface area contributed by atoms with Crippen LogP contribution in [0, 0.1) is 11.5 Å². The van der Waals surface area contributed by atoms with Gasteiger partial charge in [-0.2, -0.15) is 0 Å². The maximum atomic E-state index is 4.56. The molecule has 0 nitrogen and oxygen atoms in total. The van der Waals surface area contributed by atoms with Gasteiger partial charge < -0.3 is 0 Å². The van der Waals surface area contributed by atoms with E-state index in [9.17, 15) is 0 Å². The van der Waals surface area contributed by atoms with Gasteiger partial charge in [0.15, 0.2) is 0 Å².